The fourth-order valence-electron chi connectivity index (χ4n) is 2.66. The van der Waals surface area contributed by atoms with Gasteiger partial charge in [-0.2, -0.15) is 16.1 Å². The van der Waals surface area contributed by atoms with Gasteiger partial charge in [0, 0.05) is 24.1 Å². The molecule has 1 unspecified atom stereocenters. The van der Waals surface area contributed by atoms with Crippen molar-refractivity contribution >= 4 is 21.8 Å². The number of rotatable bonds is 3. The Labute approximate surface area is 134 Å². The zero-order valence-corrected chi connectivity index (χ0v) is 13.9. The number of sulfonamides is 1. The van der Waals surface area contributed by atoms with Crippen LogP contribution in [0.4, 0.5) is 0 Å². The van der Waals surface area contributed by atoms with E-state index in [-0.39, 0.29) is 4.90 Å². The van der Waals surface area contributed by atoms with Gasteiger partial charge in [0.25, 0.3) is 0 Å². The van der Waals surface area contributed by atoms with Crippen molar-refractivity contribution in [3.05, 3.63) is 47.9 Å². The molecular weight excluding hydrogens is 320 g/mol. The van der Waals surface area contributed by atoms with Gasteiger partial charge in [-0.3, -0.25) is 0 Å². The number of nitrogens with zero attached hydrogens (tertiary/aromatic N) is 2. The van der Waals surface area contributed by atoms with Crippen LogP contribution in [0, 0.1) is 6.92 Å². The molecule has 0 spiro atoms. The number of aryl methyl sites for hydroxylation is 1. The minimum atomic E-state index is -3.49. The van der Waals surface area contributed by atoms with E-state index in [1.807, 2.05) is 23.9 Å². The second-order valence-corrected chi connectivity index (χ2v) is 8.52. The highest BCUT2D eigenvalue weighted by Crippen LogP contribution is 2.36. The van der Waals surface area contributed by atoms with Crippen molar-refractivity contribution in [1.29, 1.82) is 0 Å². The van der Waals surface area contributed by atoms with E-state index in [2.05, 4.69) is 28.7 Å². The number of hydrogen-bond acceptors (Lipinski definition) is 5. The van der Waals surface area contributed by atoms with Gasteiger partial charge < -0.3 is 4.52 Å². The third-order valence-corrected chi connectivity index (χ3v) is 7.04. The van der Waals surface area contributed by atoms with E-state index in [1.165, 1.54) is 27.9 Å². The molecule has 1 fully saturated rings. The highest BCUT2D eigenvalue weighted by atomic mass is 32.2. The molecule has 1 aliphatic heterocycles. The van der Waals surface area contributed by atoms with Gasteiger partial charge in [-0.15, -0.1) is 0 Å². The van der Waals surface area contributed by atoms with Crippen molar-refractivity contribution in [2.75, 3.05) is 18.8 Å². The average molecular weight is 338 g/mol. The summed E-state index contributed by atoms with van der Waals surface area (Å²) >= 11 is 1.82. The van der Waals surface area contributed by atoms with Gasteiger partial charge in [0.15, 0.2) is 0 Å². The van der Waals surface area contributed by atoms with Gasteiger partial charge in [0.05, 0.1) is 6.20 Å². The first-order valence-corrected chi connectivity index (χ1v) is 9.64. The topological polar surface area (TPSA) is 63.4 Å². The van der Waals surface area contributed by atoms with Gasteiger partial charge in [-0.25, -0.2) is 8.42 Å². The fourth-order valence-corrected chi connectivity index (χ4v) is 5.42. The molecule has 2 aromatic rings. The molecule has 0 amide bonds. The third-order valence-electron chi connectivity index (χ3n) is 3.88. The largest absolute Gasteiger partial charge is 0.363 e. The molecule has 0 N–H and O–H groups in total. The summed E-state index contributed by atoms with van der Waals surface area (Å²) in [5, 5.41) is 3.83. The van der Waals surface area contributed by atoms with Crippen LogP contribution in [0.2, 0.25) is 0 Å². The Morgan fingerprint density at radius 1 is 1.32 bits per heavy atom. The summed E-state index contributed by atoms with van der Waals surface area (Å²) < 4.78 is 31.3. The van der Waals surface area contributed by atoms with Crippen LogP contribution in [-0.2, 0) is 10.0 Å². The lowest BCUT2D eigenvalue weighted by Crippen LogP contribution is -2.32. The van der Waals surface area contributed by atoms with E-state index in [4.69, 9.17) is 0 Å². The second kappa shape index (κ2) is 6.44. The van der Waals surface area contributed by atoms with Crippen LogP contribution in [-0.4, -0.2) is 36.7 Å². The second-order valence-electron chi connectivity index (χ2n) is 5.27. The van der Waals surface area contributed by atoms with E-state index >= 15 is 0 Å². The molecule has 1 atom stereocenters. The van der Waals surface area contributed by atoms with Gasteiger partial charge >= 0.3 is 0 Å². The molecule has 0 radical (unpaired) electrons. The molecule has 2 heterocycles. The van der Waals surface area contributed by atoms with E-state index in [1.54, 1.807) is 0 Å². The number of thioether (sulfide) groups is 1. The van der Waals surface area contributed by atoms with Gasteiger partial charge in [-0.05, 0) is 24.5 Å². The number of aromatic nitrogens is 1. The average Bonchev–Trinajstić information content (AvgIpc) is 2.94. The normalized spacial score (nSPS) is 20.7. The summed E-state index contributed by atoms with van der Waals surface area (Å²) in [5.74, 6) is 0.781. The highest BCUT2D eigenvalue weighted by Gasteiger charge is 2.29. The minimum Gasteiger partial charge on any atom is -0.363 e. The first-order chi connectivity index (χ1) is 10.6. The van der Waals surface area contributed by atoms with Crippen LogP contribution in [0.5, 0.6) is 0 Å². The standard InChI is InChI=1S/C15H18N2O3S2/c1-12-4-2-3-5-14(12)15-6-7-17(8-9-21-15)22(18,19)13-10-16-20-11-13/h2-5,10-11,15H,6-9H2,1H3. The van der Waals surface area contributed by atoms with Crippen LogP contribution in [0.25, 0.3) is 0 Å². The molecule has 1 aliphatic rings. The smallest absolute Gasteiger partial charge is 0.247 e. The minimum absolute atomic E-state index is 0.131. The van der Waals surface area contributed by atoms with Crippen molar-refractivity contribution in [2.24, 2.45) is 0 Å². The molecule has 7 heteroatoms. The third kappa shape index (κ3) is 3.06. The predicted molar refractivity (Wildman–Crippen MR) is 86.3 cm³/mol. The first kappa shape index (κ1) is 15.6. The maximum atomic E-state index is 12.5. The van der Waals surface area contributed by atoms with Crippen molar-refractivity contribution in [1.82, 2.24) is 9.46 Å². The Bertz CT molecular complexity index is 729. The van der Waals surface area contributed by atoms with Gasteiger partial charge in [0.1, 0.15) is 11.2 Å². The Morgan fingerprint density at radius 3 is 2.86 bits per heavy atom. The number of benzene rings is 1. The summed E-state index contributed by atoms with van der Waals surface area (Å²) in [6.07, 6.45) is 3.25. The molecule has 5 nitrogen and oxygen atoms in total. The van der Waals surface area contributed by atoms with E-state index in [0.29, 0.717) is 18.3 Å². The Morgan fingerprint density at radius 2 is 2.14 bits per heavy atom. The Balaban J connectivity index is 1.77. The summed E-state index contributed by atoms with van der Waals surface area (Å²) in [6.45, 7) is 3.13. The molecule has 0 saturated carbocycles. The zero-order valence-electron chi connectivity index (χ0n) is 12.3. The maximum absolute atomic E-state index is 12.5. The van der Waals surface area contributed by atoms with Crippen LogP contribution < -0.4 is 0 Å². The molecule has 0 bridgehead atoms. The molecule has 1 aromatic heterocycles. The van der Waals surface area contributed by atoms with Crippen LogP contribution in [0.1, 0.15) is 22.8 Å². The summed E-state index contributed by atoms with van der Waals surface area (Å²) in [5.41, 5.74) is 2.56. The molecule has 1 saturated heterocycles. The van der Waals surface area contributed by atoms with Crippen molar-refractivity contribution in [3.8, 4) is 0 Å². The van der Waals surface area contributed by atoms with E-state index in [9.17, 15) is 8.42 Å². The SMILES string of the molecule is Cc1ccccc1C1CCN(S(=O)(=O)c2cnoc2)CCS1. The predicted octanol–water partition coefficient (Wildman–Crippen LogP) is 2.85. The number of hydrogen-bond donors (Lipinski definition) is 0. The molecule has 118 valence electrons. The lowest BCUT2D eigenvalue weighted by molar-refractivity contribution is 0.413. The van der Waals surface area contributed by atoms with E-state index in [0.717, 1.165) is 12.2 Å². The van der Waals surface area contributed by atoms with Crippen LogP contribution in [0.15, 0.2) is 46.1 Å². The Hall–Kier alpha value is -1.31. The molecule has 22 heavy (non-hydrogen) atoms. The highest BCUT2D eigenvalue weighted by molar-refractivity contribution is 7.99. The first-order valence-electron chi connectivity index (χ1n) is 7.15. The Kier molecular flexibility index (Phi) is 4.56. The quantitative estimate of drug-likeness (QED) is 0.861. The van der Waals surface area contributed by atoms with Gasteiger partial charge in [0.2, 0.25) is 10.0 Å². The zero-order chi connectivity index (χ0) is 15.6. The van der Waals surface area contributed by atoms with Gasteiger partial charge in [-0.1, -0.05) is 29.4 Å². The molecule has 0 aliphatic carbocycles. The molecular formula is C15H18N2O3S2. The maximum Gasteiger partial charge on any atom is 0.247 e. The fraction of sp³-hybridized carbons (Fsp3) is 0.400. The molecule has 3 rings (SSSR count). The van der Waals surface area contributed by atoms with Crippen molar-refractivity contribution < 1.29 is 12.9 Å². The van der Waals surface area contributed by atoms with Crippen LogP contribution in [0.3, 0.4) is 0 Å². The van der Waals surface area contributed by atoms with Crippen molar-refractivity contribution in [2.45, 2.75) is 23.5 Å². The monoisotopic (exact) mass is 338 g/mol. The summed E-state index contributed by atoms with van der Waals surface area (Å²) in [6, 6.07) is 8.31. The van der Waals surface area contributed by atoms with Crippen LogP contribution >= 0.6 is 11.8 Å². The lowest BCUT2D eigenvalue weighted by atomic mass is 10.0. The summed E-state index contributed by atoms with van der Waals surface area (Å²) in [4.78, 5) is 0.131. The van der Waals surface area contributed by atoms with E-state index < -0.39 is 10.0 Å². The van der Waals surface area contributed by atoms with Crippen molar-refractivity contribution in [3.63, 3.8) is 0 Å². The molecule has 1 aromatic carbocycles. The lowest BCUT2D eigenvalue weighted by Gasteiger charge is -2.19. The summed E-state index contributed by atoms with van der Waals surface area (Å²) in [7, 11) is -3.49.